The number of ether oxygens (including phenoxy) is 1. The van der Waals surface area contributed by atoms with E-state index < -0.39 is 5.97 Å². The molecule has 0 atom stereocenters. The van der Waals surface area contributed by atoms with Crippen LogP contribution in [0.25, 0.3) is 0 Å². The normalized spacial score (nSPS) is 14.2. The van der Waals surface area contributed by atoms with Crippen molar-refractivity contribution >= 4 is 17.6 Å². The minimum absolute atomic E-state index is 0.0305. The van der Waals surface area contributed by atoms with Crippen LogP contribution in [0.2, 0.25) is 0 Å². The van der Waals surface area contributed by atoms with Crippen molar-refractivity contribution in [3.05, 3.63) is 36.4 Å². The molecule has 106 valence electrons. The lowest BCUT2D eigenvalue weighted by Crippen LogP contribution is -2.31. The van der Waals surface area contributed by atoms with E-state index in [4.69, 9.17) is 9.84 Å². The van der Waals surface area contributed by atoms with Gasteiger partial charge < -0.3 is 14.7 Å². The van der Waals surface area contributed by atoms with E-state index in [-0.39, 0.29) is 18.4 Å². The Balaban J connectivity index is 1.98. The van der Waals surface area contributed by atoms with Gasteiger partial charge in [0.1, 0.15) is 5.75 Å². The molecule has 0 fully saturated rings. The standard InChI is InChI=1S/C15H17NO4/c1-16(15(19)11-4-2-3-5-11)12-6-8-13(9-7-12)20-10-14(17)18/h2-3,6-9,11H,4-5,10H2,1H3,(H,17,18). The summed E-state index contributed by atoms with van der Waals surface area (Å²) in [5, 5.41) is 8.53. The van der Waals surface area contributed by atoms with Crippen LogP contribution in [0.3, 0.4) is 0 Å². The highest BCUT2D eigenvalue weighted by atomic mass is 16.5. The average Bonchev–Trinajstić information content (AvgIpc) is 2.98. The highest BCUT2D eigenvalue weighted by Crippen LogP contribution is 2.24. The molecule has 0 heterocycles. The SMILES string of the molecule is CN(C(=O)C1CC=CC1)c1ccc(OCC(=O)O)cc1. The van der Waals surface area contributed by atoms with Crippen molar-refractivity contribution in [3.8, 4) is 5.75 Å². The van der Waals surface area contributed by atoms with Crippen molar-refractivity contribution in [1.82, 2.24) is 0 Å². The van der Waals surface area contributed by atoms with Crippen LogP contribution in [-0.2, 0) is 9.59 Å². The van der Waals surface area contributed by atoms with Crippen molar-refractivity contribution in [3.63, 3.8) is 0 Å². The molecule has 0 radical (unpaired) electrons. The monoisotopic (exact) mass is 275 g/mol. The van der Waals surface area contributed by atoms with E-state index in [2.05, 4.69) is 0 Å². The lowest BCUT2D eigenvalue weighted by Gasteiger charge is -2.21. The van der Waals surface area contributed by atoms with Gasteiger partial charge in [0.15, 0.2) is 6.61 Å². The highest BCUT2D eigenvalue weighted by molar-refractivity contribution is 5.95. The minimum Gasteiger partial charge on any atom is -0.482 e. The summed E-state index contributed by atoms with van der Waals surface area (Å²) >= 11 is 0. The van der Waals surface area contributed by atoms with Gasteiger partial charge in [0, 0.05) is 18.7 Å². The maximum absolute atomic E-state index is 12.2. The van der Waals surface area contributed by atoms with Crippen molar-refractivity contribution in [2.75, 3.05) is 18.6 Å². The first kappa shape index (κ1) is 14.1. The summed E-state index contributed by atoms with van der Waals surface area (Å²) in [6.45, 7) is -0.373. The third kappa shape index (κ3) is 3.38. The zero-order valence-corrected chi connectivity index (χ0v) is 11.3. The molecule has 0 bridgehead atoms. The zero-order chi connectivity index (χ0) is 14.5. The zero-order valence-electron chi connectivity index (χ0n) is 11.3. The molecule has 5 nitrogen and oxygen atoms in total. The molecule has 1 N–H and O–H groups in total. The minimum atomic E-state index is -1.02. The van der Waals surface area contributed by atoms with E-state index in [0.717, 1.165) is 18.5 Å². The number of carbonyl (C=O) groups excluding carboxylic acids is 1. The Morgan fingerprint density at radius 1 is 1.25 bits per heavy atom. The third-order valence-electron chi connectivity index (χ3n) is 3.27. The van der Waals surface area contributed by atoms with Crippen LogP contribution >= 0.6 is 0 Å². The number of hydrogen-bond acceptors (Lipinski definition) is 3. The van der Waals surface area contributed by atoms with Gasteiger partial charge in [0.25, 0.3) is 0 Å². The van der Waals surface area contributed by atoms with Crippen LogP contribution in [0.1, 0.15) is 12.8 Å². The second-order valence-electron chi connectivity index (χ2n) is 4.71. The van der Waals surface area contributed by atoms with Crippen molar-refractivity contribution < 1.29 is 19.4 Å². The maximum Gasteiger partial charge on any atom is 0.341 e. The maximum atomic E-state index is 12.2. The summed E-state index contributed by atoms with van der Waals surface area (Å²) in [6, 6.07) is 6.82. The van der Waals surface area contributed by atoms with Crippen LogP contribution in [-0.4, -0.2) is 30.6 Å². The molecule has 2 rings (SSSR count). The lowest BCUT2D eigenvalue weighted by atomic mass is 10.1. The summed E-state index contributed by atoms with van der Waals surface area (Å²) < 4.78 is 5.05. The molecular formula is C15H17NO4. The Kier molecular flexibility index (Phi) is 4.40. The third-order valence-corrected chi connectivity index (χ3v) is 3.27. The molecule has 0 aliphatic heterocycles. The van der Waals surface area contributed by atoms with E-state index >= 15 is 0 Å². The molecule has 0 saturated heterocycles. The number of hydrogen-bond donors (Lipinski definition) is 1. The number of anilines is 1. The number of amides is 1. The molecular weight excluding hydrogens is 258 g/mol. The quantitative estimate of drug-likeness (QED) is 0.835. The molecule has 1 aliphatic carbocycles. The number of rotatable bonds is 5. The smallest absolute Gasteiger partial charge is 0.341 e. The Bertz CT molecular complexity index is 513. The van der Waals surface area contributed by atoms with Gasteiger partial charge in [-0.1, -0.05) is 12.2 Å². The van der Waals surface area contributed by atoms with Gasteiger partial charge in [-0.25, -0.2) is 4.79 Å². The van der Waals surface area contributed by atoms with Gasteiger partial charge in [0.2, 0.25) is 5.91 Å². The molecule has 1 aromatic rings. The molecule has 0 saturated carbocycles. The Morgan fingerprint density at radius 2 is 1.85 bits per heavy atom. The average molecular weight is 275 g/mol. The molecule has 0 aromatic heterocycles. The van der Waals surface area contributed by atoms with Crippen LogP contribution in [0.15, 0.2) is 36.4 Å². The Morgan fingerprint density at radius 3 is 2.40 bits per heavy atom. The summed E-state index contributed by atoms with van der Waals surface area (Å²) in [5.74, 6) is -0.424. The molecule has 1 aromatic carbocycles. The predicted octanol–water partition coefficient (Wildman–Crippen LogP) is 2.08. The van der Waals surface area contributed by atoms with Gasteiger partial charge in [-0.15, -0.1) is 0 Å². The number of carboxylic acids is 1. The topological polar surface area (TPSA) is 66.8 Å². The largest absolute Gasteiger partial charge is 0.482 e. The number of aliphatic carboxylic acids is 1. The number of nitrogens with zero attached hydrogens (tertiary/aromatic N) is 1. The first-order valence-electron chi connectivity index (χ1n) is 6.45. The molecule has 20 heavy (non-hydrogen) atoms. The summed E-state index contributed by atoms with van der Waals surface area (Å²) in [5.41, 5.74) is 0.768. The molecule has 5 heteroatoms. The lowest BCUT2D eigenvalue weighted by molar-refractivity contribution is -0.139. The van der Waals surface area contributed by atoms with Crippen molar-refractivity contribution in [2.24, 2.45) is 5.92 Å². The van der Waals surface area contributed by atoms with Gasteiger partial charge >= 0.3 is 5.97 Å². The molecule has 0 unspecified atom stereocenters. The van der Waals surface area contributed by atoms with Gasteiger partial charge in [-0.05, 0) is 37.1 Å². The number of carboxylic acid groups (broad SMARTS) is 1. The van der Waals surface area contributed by atoms with Crippen molar-refractivity contribution in [2.45, 2.75) is 12.8 Å². The Labute approximate surface area is 117 Å². The van der Waals surface area contributed by atoms with Gasteiger partial charge in [-0.3, -0.25) is 4.79 Å². The van der Waals surface area contributed by atoms with Crippen molar-refractivity contribution in [1.29, 1.82) is 0 Å². The Hall–Kier alpha value is -2.30. The van der Waals surface area contributed by atoms with Crippen LogP contribution < -0.4 is 9.64 Å². The number of carbonyl (C=O) groups is 2. The van der Waals surface area contributed by atoms with Gasteiger partial charge in [-0.2, -0.15) is 0 Å². The predicted molar refractivity (Wildman–Crippen MR) is 74.8 cm³/mol. The van der Waals surface area contributed by atoms with E-state index in [1.807, 2.05) is 12.2 Å². The van der Waals surface area contributed by atoms with E-state index in [0.29, 0.717) is 5.75 Å². The number of benzene rings is 1. The molecule has 0 spiro atoms. The fourth-order valence-corrected chi connectivity index (χ4v) is 2.13. The first-order chi connectivity index (χ1) is 9.58. The highest BCUT2D eigenvalue weighted by Gasteiger charge is 2.23. The summed E-state index contributed by atoms with van der Waals surface area (Å²) in [7, 11) is 1.74. The number of allylic oxidation sites excluding steroid dienone is 2. The second-order valence-corrected chi connectivity index (χ2v) is 4.71. The molecule has 1 aliphatic rings. The summed E-state index contributed by atoms with van der Waals surface area (Å²) in [6.07, 6.45) is 5.64. The fourth-order valence-electron chi connectivity index (χ4n) is 2.13. The summed E-state index contributed by atoms with van der Waals surface area (Å²) in [4.78, 5) is 24.2. The van der Waals surface area contributed by atoms with Crippen LogP contribution in [0.4, 0.5) is 5.69 Å². The van der Waals surface area contributed by atoms with Crippen LogP contribution in [0.5, 0.6) is 5.75 Å². The van der Waals surface area contributed by atoms with E-state index in [1.54, 1.807) is 36.2 Å². The first-order valence-corrected chi connectivity index (χ1v) is 6.45. The van der Waals surface area contributed by atoms with E-state index in [9.17, 15) is 9.59 Å². The van der Waals surface area contributed by atoms with Gasteiger partial charge in [0.05, 0.1) is 0 Å². The van der Waals surface area contributed by atoms with Crippen LogP contribution in [0, 0.1) is 5.92 Å². The second kappa shape index (κ2) is 6.23. The molecule has 1 amide bonds. The fraction of sp³-hybridized carbons (Fsp3) is 0.333. The van der Waals surface area contributed by atoms with E-state index in [1.165, 1.54) is 0 Å².